The zero-order valence-electron chi connectivity index (χ0n) is 16.7. The summed E-state index contributed by atoms with van der Waals surface area (Å²) in [7, 11) is 0. The summed E-state index contributed by atoms with van der Waals surface area (Å²) in [5.41, 5.74) is 1.80. The van der Waals surface area contributed by atoms with Crippen molar-refractivity contribution in [3.8, 4) is 28.2 Å². The predicted octanol–water partition coefficient (Wildman–Crippen LogP) is -1.41. The molecule has 0 atom stereocenters. The minimum absolute atomic E-state index is 0. The van der Waals surface area contributed by atoms with E-state index in [2.05, 4.69) is 0 Å². The Labute approximate surface area is 281 Å². The van der Waals surface area contributed by atoms with Crippen LogP contribution in [0.3, 0.4) is 0 Å². The van der Waals surface area contributed by atoms with Gasteiger partial charge in [0.05, 0.1) is 9.54 Å². The fourth-order valence-corrected chi connectivity index (χ4v) is 6.73. The van der Waals surface area contributed by atoms with Gasteiger partial charge in [-0.3, -0.25) is 4.79 Å². The minimum Gasteiger partial charge on any atom is -0.871 e. The average molecular weight is 897 g/mol. The number of fused-ring (bicyclic) bond motifs is 2. The molecular weight excluding hydrogens is 888 g/mol. The molecule has 2 aromatic carbocycles. The van der Waals surface area contributed by atoms with Gasteiger partial charge in [-0.15, -0.1) is 0 Å². The van der Waals surface area contributed by atoms with E-state index in [0.29, 0.717) is 47.7 Å². The molecular formula is C20H9I4NNa2O5. The van der Waals surface area contributed by atoms with E-state index >= 15 is 0 Å². The molecule has 1 aliphatic heterocycles. The number of benzene rings is 3. The van der Waals surface area contributed by atoms with Crippen molar-refractivity contribution < 1.29 is 78.5 Å². The normalized spacial score (nSPS) is 10.2. The number of rotatable bonds is 2. The maximum atomic E-state index is 12.5. The van der Waals surface area contributed by atoms with E-state index in [-0.39, 0.29) is 82.0 Å². The van der Waals surface area contributed by atoms with E-state index in [1.807, 2.05) is 90.4 Å². The van der Waals surface area contributed by atoms with Crippen molar-refractivity contribution in [2.24, 2.45) is 0 Å². The molecule has 1 heterocycles. The Hall–Kier alpha value is 1.28. The van der Waals surface area contributed by atoms with Crippen molar-refractivity contribution in [2.75, 3.05) is 0 Å². The van der Waals surface area contributed by atoms with Gasteiger partial charge in [0.2, 0.25) is 5.43 Å². The summed E-state index contributed by atoms with van der Waals surface area (Å²) in [6.07, 6.45) is 0. The van der Waals surface area contributed by atoms with E-state index < -0.39 is 5.97 Å². The van der Waals surface area contributed by atoms with Crippen molar-refractivity contribution in [3.63, 3.8) is 0 Å². The number of halogens is 4. The standard InChI is InChI=1S/C20H8I4O5.H3N.2Na/c21-11-5-9-13(7-3-1-2-4-8(7)20(27)28)10-6-12(22)17(26)15(24)19(10)29-18(9)14(23)16(11)25;;;/h1-6,25H,(H,27,28);1H3;;/q;;2*+1/p-2. The molecule has 12 heteroatoms. The number of hydrogen-bond acceptors (Lipinski definition) is 6. The molecule has 2 aromatic rings. The third-order valence-electron chi connectivity index (χ3n) is 4.42. The Balaban J connectivity index is 0.00000171. The van der Waals surface area contributed by atoms with Gasteiger partial charge < -0.3 is 25.6 Å². The number of hydrogen-bond donors (Lipinski definition) is 1. The van der Waals surface area contributed by atoms with Gasteiger partial charge in [-0.25, -0.2) is 0 Å². The summed E-state index contributed by atoms with van der Waals surface area (Å²) in [4.78, 5) is 24.3. The van der Waals surface area contributed by atoms with E-state index in [1.54, 1.807) is 30.3 Å². The minimum atomic E-state index is -1.31. The number of aromatic carboxylic acids is 1. The fraction of sp³-hybridized carbons (Fsp3) is 0. The molecule has 154 valence electrons. The van der Waals surface area contributed by atoms with E-state index in [1.165, 1.54) is 6.07 Å². The molecule has 1 aliphatic carbocycles. The smallest absolute Gasteiger partial charge is 0.871 e. The Bertz CT molecular complexity index is 1380. The first-order valence-electron chi connectivity index (χ1n) is 7.96. The van der Waals surface area contributed by atoms with Crippen molar-refractivity contribution in [1.82, 2.24) is 6.15 Å². The molecule has 32 heavy (non-hydrogen) atoms. The topological polar surface area (TPSA) is 128 Å². The molecule has 0 radical (unpaired) electrons. The molecule has 3 N–H and O–H groups in total. The first-order chi connectivity index (χ1) is 13.7. The number of carboxylic acid groups (broad SMARTS) is 1. The van der Waals surface area contributed by atoms with Crippen LogP contribution in [0.4, 0.5) is 0 Å². The molecule has 0 bridgehead atoms. The van der Waals surface area contributed by atoms with Gasteiger partial charge in [0.25, 0.3) is 0 Å². The van der Waals surface area contributed by atoms with Crippen LogP contribution in [0, 0.1) is 14.3 Å². The van der Waals surface area contributed by atoms with Crippen molar-refractivity contribution in [3.05, 3.63) is 66.5 Å². The molecule has 0 saturated carbocycles. The molecule has 0 unspecified atom stereocenters. The van der Waals surface area contributed by atoms with Crippen LogP contribution in [0.2, 0.25) is 0 Å². The van der Waals surface area contributed by atoms with Crippen LogP contribution in [0.25, 0.3) is 33.4 Å². The van der Waals surface area contributed by atoms with Crippen LogP contribution >= 0.6 is 90.4 Å². The monoisotopic (exact) mass is 897 g/mol. The average Bonchev–Trinajstić information content (AvgIpc) is 2.69. The SMILES string of the molecule is N.O=C([O-])c1ccccc1-c1c2cc(I)c(=O)c(I)c-2oc2c(I)c([O-])c(I)cc12.[Na+].[Na+]. The van der Waals surface area contributed by atoms with Gasteiger partial charge in [0.1, 0.15) is 9.15 Å². The summed E-state index contributed by atoms with van der Waals surface area (Å²) in [5.74, 6) is -1.16. The van der Waals surface area contributed by atoms with Crippen LogP contribution in [0.1, 0.15) is 10.4 Å². The second-order valence-electron chi connectivity index (χ2n) is 6.07. The van der Waals surface area contributed by atoms with Gasteiger partial charge in [-0.1, -0.05) is 30.0 Å². The summed E-state index contributed by atoms with van der Waals surface area (Å²) in [5, 5.41) is 24.9. The second kappa shape index (κ2) is 12.5. The molecule has 0 saturated heterocycles. The first-order valence-corrected chi connectivity index (χ1v) is 12.3. The molecule has 0 aromatic heterocycles. The fourth-order valence-electron chi connectivity index (χ4n) is 3.16. The van der Waals surface area contributed by atoms with Crippen LogP contribution in [-0.4, -0.2) is 5.97 Å². The maximum absolute atomic E-state index is 12.5. The quantitative estimate of drug-likeness (QED) is 0.150. The van der Waals surface area contributed by atoms with Crippen LogP contribution < -0.4 is 80.9 Å². The Morgan fingerprint density at radius 3 is 2.16 bits per heavy atom. The van der Waals surface area contributed by atoms with Crippen molar-refractivity contribution in [1.29, 1.82) is 0 Å². The van der Waals surface area contributed by atoms with Gasteiger partial charge in [-0.2, -0.15) is 0 Å². The summed E-state index contributed by atoms with van der Waals surface area (Å²) in [6.45, 7) is 0. The van der Waals surface area contributed by atoms with Crippen LogP contribution in [0.5, 0.6) is 5.75 Å². The van der Waals surface area contributed by atoms with E-state index in [0.717, 1.165) is 0 Å². The van der Waals surface area contributed by atoms with Gasteiger partial charge in [0, 0.05) is 29.2 Å². The third kappa shape index (κ3) is 5.49. The van der Waals surface area contributed by atoms with E-state index in [9.17, 15) is 19.8 Å². The van der Waals surface area contributed by atoms with Crippen LogP contribution in [-0.2, 0) is 0 Å². The first kappa shape index (κ1) is 31.3. The Morgan fingerprint density at radius 1 is 0.906 bits per heavy atom. The zero-order chi connectivity index (χ0) is 21.0. The Kier molecular flexibility index (Phi) is 12.2. The second-order valence-corrected chi connectivity index (χ2v) is 10.5. The number of carbonyl (C=O) groups excluding carboxylic acids is 1. The van der Waals surface area contributed by atoms with Gasteiger partial charge in [-0.05, 0) is 108 Å². The predicted molar refractivity (Wildman–Crippen MR) is 144 cm³/mol. The molecule has 6 nitrogen and oxygen atoms in total. The summed E-state index contributed by atoms with van der Waals surface area (Å²) in [6, 6.07) is 9.90. The van der Waals surface area contributed by atoms with Gasteiger partial charge in [0.15, 0.2) is 5.76 Å². The maximum Gasteiger partial charge on any atom is 1.00 e. The third-order valence-corrected chi connectivity index (χ3v) is 7.98. The van der Waals surface area contributed by atoms with E-state index in [4.69, 9.17) is 4.42 Å². The Morgan fingerprint density at radius 2 is 1.53 bits per heavy atom. The number of carboxylic acids is 1. The summed E-state index contributed by atoms with van der Waals surface area (Å²) < 4.78 is 7.79. The zero-order valence-corrected chi connectivity index (χ0v) is 29.4. The largest absolute Gasteiger partial charge is 1.00 e. The van der Waals surface area contributed by atoms with Gasteiger partial charge >= 0.3 is 59.1 Å². The summed E-state index contributed by atoms with van der Waals surface area (Å²) >= 11 is 7.76. The van der Waals surface area contributed by atoms with Crippen molar-refractivity contribution >= 4 is 107 Å². The molecule has 4 rings (SSSR count). The van der Waals surface area contributed by atoms with Crippen molar-refractivity contribution in [2.45, 2.75) is 0 Å². The molecule has 2 aliphatic rings. The molecule has 0 amide bonds. The molecule has 0 spiro atoms. The van der Waals surface area contributed by atoms with Crippen LogP contribution in [0.15, 0.2) is 45.6 Å². The number of carbonyl (C=O) groups is 1. The molecule has 0 fully saturated rings.